The summed E-state index contributed by atoms with van der Waals surface area (Å²) in [4.78, 5) is 24.5. The van der Waals surface area contributed by atoms with E-state index in [9.17, 15) is 40.2 Å². The van der Waals surface area contributed by atoms with E-state index in [1.165, 1.54) is 12.1 Å². The molecule has 2 heterocycles. The van der Waals surface area contributed by atoms with Gasteiger partial charge in [0.2, 0.25) is 6.29 Å². The lowest BCUT2D eigenvalue weighted by Gasteiger charge is -2.43. The van der Waals surface area contributed by atoms with Gasteiger partial charge >= 0.3 is 11.9 Å². The predicted octanol–water partition coefficient (Wildman–Crippen LogP) is -1.40. The van der Waals surface area contributed by atoms with Gasteiger partial charge in [-0.3, -0.25) is 0 Å². The molecule has 0 aromatic heterocycles. The van der Waals surface area contributed by atoms with Crippen LogP contribution in [0.2, 0.25) is 0 Å². The van der Waals surface area contributed by atoms with Crippen LogP contribution in [0.3, 0.4) is 0 Å². The number of aliphatic hydroxyl groups excluding tert-OH is 5. The van der Waals surface area contributed by atoms with Crippen LogP contribution in [-0.2, 0) is 23.7 Å². The number of carboxylic acid groups (broad SMARTS) is 1. The maximum atomic E-state index is 12.6. The summed E-state index contributed by atoms with van der Waals surface area (Å²) < 4.78 is 22.1. The van der Waals surface area contributed by atoms with Crippen molar-refractivity contribution in [1.82, 2.24) is 0 Å². The number of hydrogen-bond acceptors (Lipinski definition) is 11. The summed E-state index contributed by atoms with van der Waals surface area (Å²) in [6, 6.07) is 8.10. The van der Waals surface area contributed by atoms with Crippen LogP contribution in [0.15, 0.2) is 42.2 Å². The van der Waals surface area contributed by atoms with E-state index in [1.54, 1.807) is 25.1 Å². The van der Waals surface area contributed by atoms with Gasteiger partial charge in [0.25, 0.3) is 0 Å². The van der Waals surface area contributed by atoms with Crippen LogP contribution < -0.4 is 0 Å². The molecule has 0 radical (unpaired) electrons. The second kappa shape index (κ2) is 10.2. The van der Waals surface area contributed by atoms with E-state index in [0.29, 0.717) is 0 Å². The maximum Gasteiger partial charge on any atom is 0.338 e. The molecule has 3 aliphatic rings. The van der Waals surface area contributed by atoms with E-state index in [1.807, 2.05) is 0 Å². The Labute approximate surface area is 199 Å². The van der Waals surface area contributed by atoms with E-state index < -0.39 is 85.5 Å². The van der Waals surface area contributed by atoms with E-state index in [4.69, 9.17) is 18.9 Å². The third-order valence-corrected chi connectivity index (χ3v) is 6.86. The van der Waals surface area contributed by atoms with Crippen molar-refractivity contribution in [3.63, 3.8) is 0 Å². The highest BCUT2D eigenvalue weighted by Crippen LogP contribution is 2.48. The summed E-state index contributed by atoms with van der Waals surface area (Å²) in [5.74, 6) is -4.62. The SMILES string of the molecule is C[C@H]1[C@@H](OC(=O)c2ccccc2)[C@@H](O)[C@H]2C(C(=O)O)=CO[C@H](O[C@@H]3O[C@@H](CO)[C@@H](O)[C@@H](O)[C@H]3O)[C@@H]12. The first-order valence-electron chi connectivity index (χ1n) is 11.1. The second-order valence-electron chi connectivity index (χ2n) is 8.90. The summed E-state index contributed by atoms with van der Waals surface area (Å²) in [6.07, 6.45) is -10.7. The summed E-state index contributed by atoms with van der Waals surface area (Å²) in [5, 5.41) is 60.4. The van der Waals surface area contributed by atoms with Crippen molar-refractivity contribution in [2.24, 2.45) is 17.8 Å². The van der Waals surface area contributed by atoms with Crippen molar-refractivity contribution >= 4 is 11.9 Å². The number of carbonyl (C=O) groups excluding carboxylic acids is 1. The van der Waals surface area contributed by atoms with Gasteiger partial charge in [-0.1, -0.05) is 25.1 Å². The van der Waals surface area contributed by atoms with Crippen LogP contribution in [0.25, 0.3) is 0 Å². The maximum absolute atomic E-state index is 12.6. The number of ether oxygens (including phenoxy) is 4. The van der Waals surface area contributed by atoms with Crippen LogP contribution in [0.4, 0.5) is 0 Å². The smallest absolute Gasteiger partial charge is 0.338 e. The number of esters is 1. The molecule has 1 saturated heterocycles. The Balaban J connectivity index is 1.58. The summed E-state index contributed by atoms with van der Waals surface area (Å²) in [6.45, 7) is 0.965. The summed E-state index contributed by atoms with van der Waals surface area (Å²) >= 11 is 0. The number of benzene rings is 1. The highest BCUT2D eigenvalue weighted by atomic mass is 16.8. The Morgan fingerprint density at radius 2 is 1.66 bits per heavy atom. The molecule has 2 aliphatic heterocycles. The fraction of sp³-hybridized carbons (Fsp3) is 0.565. The number of carboxylic acids is 1. The van der Waals surface area contributed by atoms with Gasteiger partial charge in [0, 0.05) is 17.8 Å². The van der Waals surface area contributed by atoms with Crippen molar-refractivity contribution in [2.45, 2.75) is 56.1 Å². The standard InChI is InChI=1S/C23H28O12/c1-9-13-14(16(26)19(9)34-21(31)10-5-3-2-4-6-10)11(20(29)30)8-32-22(13)35-23-18(28)17(27)15(25)12(7-24)33-23/h2-6,8-9,12-19,22-28H,7H2,1H3,(H,29,30)/t9-,12+,13+,14+,15-,16+,17-,18-,19-,22-,23+/m1/s1. The Kier molecular flexibility index (Phi) is 7.43. The average Bonchev–Trinajstić information content (AvgIpc) is 3.10. The molecule has 0 unspecified atom stereocenters. The second-order valence-corrected chi connectivity index (χ2v) is 8.90. The topological polar surface area (TPSA) is 192 Å². The quantitative estimate of drug-likeness (QED) is 0.253. The zero-order valence-electron chi connectivity index (χ0n) is 18.7. The predicted molar refractivity (Wildman–Crippen MR) is 113 cm³/mol. The summed E-state index contributed by atoms with van der Waals surface area (Å²) in [7, 11) is 0. The Hall–Kier alpha value is -2.58. The van der Waals surface area contributed by atoms with Crippen LogP contribution in [0.1, 0.15) is 17.3 Å². The lowest BCUT2D eigenvalue weighted by Crippen LogP contribution is -2.60. The summed E-state index contributed by atoms with van der Waals surface area (Å²) in [5.41, 5.74) is 0.00223. The highest BCUT2D eigenvalue weighted by Gasteiger charge is 2.59. The molecule has 12 nitrogen and oxygen atoms in total. The fourth-order valence-electron chi connectivity index (χ4n) is 4.98. The molecule has 11 atom stereocenters. The largest absolute Gasteiger partial charge is 0.478 e. The van der Waals surface area contributed by atoms with E-state index in [0.717, 1.165) is 6.26 Å². The Morgan fingerprint density at radius 1 is 0.971 bits per heavy atom. The van der Waals surface area contributed by atoms with Crippen molar-refractivity contribution in [3.05, 3.63) is 47.7 Å². The lowest BCUT2D eigenvalue weighted by molar-refractivity contribution is -0.343. The number of rotatable bonds is 6. The zero-order valence-corrected chi connectivity index (χ0v) is 18.7. The van der Waals surface area contributed by atoms with Gasteiger partial charge in [0.05, 0.1) is 30.1 Å². The van der Waals surface area contributed by atoms with Gasteiger partial charge in [-0.2, -0.15) is 0 Å². The molecular weight excluding hydrogens is 468 g/mol. The van der Waals surface area contributed by atoms with Gasteiger partial charge in [-0.15, -0.1) is 0 Å². The van der Waals surface area contributed by atoms with Crippen LogP contribution in [0.5, 0.6) is 0 Å². The van der Waals surface area contributed by atoms with Crippen LogP contribution >= 0.6 is 0 Å². The lowest BCUT2D eigenvalue weighted by atomic mass is 9.82. The molecule has 1 aliphatic carbocycles. The molecule has 2 fully saturated rings. The zero-order chi connectivity index (χ0) is 25.4. The minimum atomic E-state index is -1.71. The minimum absolute atomic E-state index is 0.249. The van der Waals surface area contributed by atoms with Gasteiger partial charge in [0.1, 0.15) is 30.5 Å². The van der Waals surface area contributed by atoms with Crippen LogP contribution in [-0.4, -0.2) is 98.4 Å². The number of fused-ring (bicyclic) bond motifs is 1. The van der Waals surface area contributed by atoms with Gasteiger partial charge in [0.15, 0.2) is 6.29 Å². The van der Waals surface area contributed by atoms with Crippen molar-refractivity contribution < 1.29 is 59.2 Å². The molecule has 0 bridgehead atoms. The van der Waals surface area contributed by atoms with E-state index in [-0.39, 0.29) is 11.1 Å². The van der Waals surface area contributed by atoms with Gasteiger partial charge in [-0.25, -0.2) is 9.59 Å². The Morgan fingerprint density at radius 3 is 2.29 bits per heavy atom. The molecule has 1 aromatic rings. The van der Waals surface area contributed by atoms with Crippen molar-refractivity contribution in [2.75, 3.05) is 6.61 Å². The molecule has 192 valence electrons. The third-order valence-electron chi connectivity index (χ3n) is 6.86. The normalized spacial score (nSPS) is 40.9. The van der Waals surface area contributed by atoms with E-state index in [2.05, 4.69) is 0 Å². The van der Waals surface area contributed by atoms with Crippen LogP contribution in [0, 0.1) is 17.8 Å². The number of carbonyl (C=O) groups is 2. The number of hydrogen-bond donors (Lipinski definition) is 6. The number of aliphatic carboxylic acids is 1. The van der Waals surface area contributed by atoms with E-state index >= 15 is 0 Å². The van der Waals surface area contributed by atoms with Crippen molar-refractivity contribution in [1.29, 1.82) is 0 Å². The fourth-order valence-corrected chi connectivity index (χ4v) is 4.98. The molecule has 1 aromatic carbocycles. The number of aliphatic hydroxyl groups is 5. The third kappa shape index (κ3) is 4.66. The molecule has 6 N–H and O–H groups in total. The van der Waals surface area contributed by atoms with Crippen molar-refractivity contribution in [3.8, 4) is 0 Å². The average molecular weight is 496 g/mol. The first-order chi connectivity index (χ1) is 16.6. The molecule has 12 heteroatoms. The molecule has 0 spiro atoms. The molecule has 0 amide bonds. The molecule has 4 rings (SSSR count). The molecule has 35 heavy (non-hydrogen) atoms. The molecule has 1 saturated carbocycles. The monoisotopic (exact) mass is 496 g/mol. The minimum Gasteiger partial charge on any atom is -0.478 e. The molecular formula is C23H28O12. The van der Waals surface area contributed by atoms with Gasteiger partial charge in [-0.05, 0) is 12.1 Å². The first-order valence-corrected chi connectivity index (χ1v) is 11.1. The van der Waals surface area contributed by atoms with Gasteiger partial charge < -0.3 is 49.6 Å². The Bertz CT molecular complexity index is 949. The first kappa shape index (κ1) is 25.5. The highest BCUT2D eigenvalue weighted by molar-refractivity contribution is 5.89.